The summed E-state index contributed by atoms with van der Waals surface area (Å²) in [5, 5.41) is 11.7. The van der Waals surface area contributed by atoms with Crippen LogP contribution in [-0.2, 0) is 5.54 Å². The van der Waals surface area contributed by atoms with E-state index in [4.69, 9.17) is 11.6 Å². The zero-order valence-corrected chi connectivity index (χ0v) is 17.0. The highest BCUT2D eigenvalue weighted by Gasteiger charge is 2.25. The van der Waals surface area contributed by atoms with E-state index >= 15 is 0 Å². The second-order valence-corrected chi connectivity index (χ2v) is 7.91. The number of amides is 1. The predicted octanol–water partition coefficient (Wildman–Crippen LogP) is 3.86. The first-order valence-corrected chi connectivity index (χ1v) is 9.10. The molecule has 3 rings (SSSR count). The molecule has 0 saturated carbocycles. The first-order chi connectivity index (χ1) is 11.9. The second kappa shape index (κ2) is 8.42. The molecule has 2 N–H and O–H groups in total. The standard InChI is InChI=1S/C19H25ClN4O.ClH/c1-19(2,3)24-12-15(18(25)22-13-7-6-10-21-11-13)17(23-24)14-8-4-5-9-16(14)20;/h4-5,8-9,12-13,21H,6-7,10-11H2,1-3H3,(H,22,25);1H. The van der Waals surface area contributed by atoms with Crippen molar-refractivity contribution in [1.29, 1.82) is 0 Å². The molecule has 1 fully saturated rings. The number of halogens is 2. The van der Waals surface area contributed by atoms with Gasteiger partial charge in [0.05, 0.1) is 16.1 Å². The minimum Gasteiger partial charge on any atom is -0.348 e. The van der Waals surface area contributed by atoms with Crippen LogP contribution in [-0.4, -0.2) is 34.8 Å². The van der Waals surface area contributed by atoms with Gasteiger partial charge < -0.3 is 10.6 Å². The van der Waals surface area contributed by atoms with Gasteiger partial charge >= 0.3 is 0 Å². The van der Waals surface area contributed by atoms with E-state index in [0.717, 1.165) is 31.5 Å². The Bertz CT molecular complexity index is 761. The monoisotopic (exact) mass is 396 g/mol. The molecule has 1 saturated heterocycles. The number of hydrogen-bond acceptors (Lipinski definition) is 3. The Hall–Kier alpha value is -1.56. The van der Waals surface area contributed by atoms with Gasteiger partial charge in [0.2, 0.25) is 0 Å². The molecular weight excluding hydrogens is 371 g/mol. The van der Waals surface area contributed by atoms with E-state index in [1.807, 2.05) is 35.1 Å². The summed E-state index contributed by atoms with van der Waals surface area (Å²) in [4.78, 5) is 12.9. The molecule has 26 heavy (non-hydrogen) atoms. The van der Waals surface area contributed by atoms with Gasteiger partial charge in [0.15, 0.2) is 0 Å². The Kier molecular flexibility index (Phi) is 6.72. The van der Waals surface area contributed by atoms with E-state index in [1.165, 1.54) is 0 Å². The first-order valence-electron chi connectivity index (χ1n) is 8.73. The minimum atomic E-state index is -0.221. The summed E-state index contributed by atoms with van der Waals surface area (Å²) in [6.45, 7) is 8.00. The molecule has 0 radical (unpaired) electrons. The fourth-order valence-corrected chi connectivity index (χ4v) is 3.20. The molecule has 0 aliphatic carbocycles. The lowest BCUT2D eigenvalue weighted by atomic mass is 10.0. The van der Waals surface area contributed by atoms with Gasteiger partial charge in [-0.25, -0.2) is 0 Å². The van der Waals surface area contributed by atoms with Gasteiger partial charge in [0, 0.05) is 24.3 Å². The van der Waals surface area contributed by atoms with Crippen LogP contribution in [0.15, 0.2) is 30.5 Å². The normalized spacial score (nSPS) is 17.5. The summed E-state index contributed by atoms with van der Waals surface area (Å²) in [6.07, 6.45) is 3.89. The molecule has 2 heterocycles. The van der Waals surface area contributed by atoms with Crippen molar-refractivity contribution in [2.24, 2.45) is 0 Å². The molecule has 5 nitrogen and oxygen atoms in total. The van der Waals surface area contributed by atoms with E-state index in [1.54, 1.807) is 0 Å². The zero-order valence-electron chi connectivity index (χ0n) is 15.4. The van der Waals surface area contributed by atoms with Crippen molar-refractivity contribution in [3.8, 4) is 11.3 Å². The van der Waals surface area contributed by atoms with Crippen LogP contribution in [0.2, 0.25) is 5.02 Å². The third-order valence-electron chi connectivity index (χ3n) is 4.41. The molecule has 0 spiro atoms. The van der Waals surface area contributed by atoms with Crippen LogP contribution in [0.5, 0.6) is 0 Å². The average Bonchev–Trinajstić information content (AvgIpc) is 3.02. The lowest BCUT2D eigenvalue weighted by Crippen LogP contribution is -2.45. The molecule has 1 aromatic carbocycles. The number of carbonyl (C=O) groups excluding carboxylic acids is 1. The van der Waals surface area contributed by atoms with E-state index in [9.17, 15) is 4.79 Å². The molecule has 7 heteroatoms. The highest BCUT2D eigenvalue weighted by Crippen LogP contribution is 2.30. The summed E-state index contributed by atoms with van der Waals surface area (Å²) >= 11 is 6.36. The van der Waals surface area contributed by atoms with Crippen molar-refractivity contribution in [2.75, 3.05) is 13.1 Å². The Morgan fingerprint density at radius 1 is 1.35 bits per heavy atom. The Morgan fingerprint density at radius 3 is 2.69 bits per heavy atom. The molecule has 1 amide bonds. The highest BCUT2D eigenvalue weighted by atomic mass is 35.5. The van der Waals surface area contributed by atoms with E-state index in [-0.39, 0.29) is 29.9 Å². The maximum absolute atomic E-state index is 12.9. The summed E-state index contributed by atoms with van der Waals surface area (Å²) in [7, 11) is 0. The predicted molar refractivity (Wildman–Crippen MR) is 108 cm³/mol. The number of nitrogens with one attached hydrogen (secondary N) is 2. The molecule has 1 unspecified atom stereocenters. The van der Waals surface area contributed by atoms with Gasteiger partial charge in [0.25, 0.3) is 5.91 Å². The number of aromatic nitrogens is 2. The molecule has 1 atom stereocenters. The summed E-state index contributed by atoms with van der Waals surface area (Å²) in [6, 6.07) is 7.65. The topological polar surface area (TPSA) is 59.0 Å². The van der Waals surface area contributed by atoms with Gasteiger partial charge in [-0.1, -0.05) is 29.8 Å². The van der Waals surface area contributed by atoms with Crippen LogP contribution in [0.1, 0.15) is 44.0 Å². The number of piperidine rings is 1. The minimum absolute atomic E-state index is 0. The quantitative estimate of drug-likeness (QED) is 0.827. The van der Waals surface area contributed by atoms with Crippen LogP contribution in [0, 0.1) is 0 Å². The number of hydrogen-bond donors (Lipinski definition) is 2. The van der Waals surface area contributed by atoms with Crippen LogP contribution in [0.25, 0.3) is 11.3 Å². The van der Waals surface area contributed by atoms with Crippen molar-refractivity contribution in [3.63, 3.8) is 0 Å². The average molecular weight is 397 g/mol. The molecular formula is C19H26Cl2N4O. The van der Waals surface area contributed by atoms with Gasteiger partial charge in [-0.3, -0.25) is 9.48 Å². The smallest absolute Gasteiger partial charge is 0.255 e. The van der Waals surface area contributed by atoms with E-state index in [0.29, 0.717) is 16.3 Å². The first kappa shape index (κ1) is 20.7. The lowest BCUT2D eigenvalue weighted by Gasteiger charge is -2.23. The van der Waals surface area contributed by atoms with E-state index < -0.39 is 0 Å². The Labute approximate surface area is 165 Å². The fraction of sp³-hybridized carbons (Fsp3) is 0.474. The van der Waals surface area contributed by atoms with Crippen LogP contribution < -0.4 is 10.6 Å². The number of nitrogens with zero attached hydrogens (tertiary/aromatic N) is 2. The van der Waals surface area contributed by atoms with Gasteiger partial charge in [-0.2, -0.15) is 5.10 Å². The molecule has 142 valence electrons. The zero-order chi connectivity index (χ0) is 18.0. The van der Waals surface area contributed by atoms with Gasteiger partial charge in [-0.05, 0) is 46.2 Å². The SMILES string of the molecule is CC(C)(C)n1cc(C(=O)NC2CCCNC2)c(-c2ccccc2Cl)n1.Cl. The molecule has 1 aromatic heterocycles. The Morgan fingerprint density at radius 2 is 2.08 bits per heavy atom. The van der Waals surface area contributed by atoms with E-state index in [2.05, 4.69) is 36.5 Å². The third-order valence-corrected chi connectivity index (χ3v) is 4.74. The van der Waals surface area contributed by atoms with Crippen molar-refractivity contribution < 1.29 is 4.79 Å². The molecule has 2 aromatic rings. The number of benzene rings is 1. The van der Waals surface area contributed by atoms with Crippen LogP contribution in [0.3, 0.4) is 0 Å². The summed E-state index contributed by atoms with van der Waals surface area (Å²) in [5.74, 6) is -0.0980. The van der Waals surface area contributed by atoms with Crippen molar-refractivity contribution in [3.05, 3.63) is 41.0 Å². The third kappa shape index (κ3) is 4.58. The number of rotatable bonds is 3. The fourth-order valence-electron chi connectivity index (χ4n) is 2.97. The second-order valence-electron chi connectivity index (χ2n) is 7.50. The van der Waals surface area contributed by atoms with Gasteiger partial charge in [-0.15, -0.1) is 12.4 Å². The summed E-state index contributed by atoms with van der Waals surface area (Å²) < 4.78 is 1.83. The van der Waals surface area contributed by atoms with Crippen LogP contribution >= 0.6 is 24.0 Å². The Balaban J connectivity index is 0.00000243. The number of carbonyl (C=O) groups is 1. The van der Waals surface area contributed by atoms with Crippen LogP contribution in [0.4, 0.5) is 0 Å². The van der Waals surface area contributed by atoms with Gasteiger partial charge in [0.1, 0.15) is 5.69 Å². The molecule has 1 aliphatic heterocycles. The summed E-state index contributed by atoms with van der Waals surface area (Å²) in [5.41, 5.74) is 1.75. The van der Waals surface area contributed by atoms with Crippen molar-refractivity contribution in [1.82, 2.24) is 20.4 Å². The van der Waals surface area contributed by atoms with Crippen molar-refractivity contribution >= 4 is 29.9 Å². The largest absolute Gasteiger partial charge is 0.348 e. The van der Waals surface area contributed by atoms with Crippen molar-refractivity contribution in [2.45, 2.75) is 45.2 Å². The molecule has 0 bridgehead atoms. The maximum atomic E-state index is 12.9. The lowest BCUT2D eigenvalue weighted by molar-refractivity contribution is 0.0931. The highest BCUT2D eigenvalue weighted by molar-refractivity contribution is 6.33. The molecule has 1 aliphatic rings. The maximum Gasteiger partial charge on any atom is 0.255 e.